The van der Waals surface area contributed by atoms with Gasteiger partial charge in [0.1, 0.15) is 0 Å². The van der Waals surface area contributed by atoms with E-state index < -0.39 is 0 Å². The van der Waals surface area contributed by atoms with Crippen molar-refractivity contribution < 1.29 is 0 Å². The van der Waals surface area contributed by atoms with E-state index >= 15 is 0 Å². The van der Waals surface area contributed by atoms with Gasteiger partial charge in [-0.05, 0) is 56.6 Å². The van der Waals surface area contributed by atoms with Crippen molar-refractivity contribution in [2.75, 3.05) is 38.1 Å². The standard InChI is InChI=1S/C16H24BrN3/c1-19-7-2-8-20(10-9-19)16-6-3-14(17)11-13(16)12-18-15-4-5-15/h3,6,11,15,18H,2,4-5,7-10,12H2,1H3. The van der Waals surface area contributed by atoms with Crippen molar-refractivity contribution >= 4 is 21.6 Å². The molecule has 0 unspecified atom stereocenters. The Hall–Kier alpha value is -0.580. The van der Waals surface area contributed by atoms with Crippen molar-refractivity contribution in [1.29, 1.82) is 0 Å². The molecule has 110 valence electrons. The highest BCUT2D eigenvalue weighted by atomic mass is 79.9. The van der Waals surface area contributed by atoms with Gasteiger partial charge in [-0.15, -0.1) is 0 Å². The third-order valence-corrected chi connectivity index (χ3v) is 4.75. The Bertz CT molecular complexity index is 459. The first-order chi connectivity index (χ1) is 9.72. The van der Waals surface area contributed by atoms with Crippen LogP contribution in [0.15, 0.2) is 22.7 Å². The van der Waals surface area contributed by atoms with E-state index in [0.29, 0.717) is 0 Å². The fourth-order valence-corrected chi connectivity index (χ4v) is 3.24. The van der Waals surface area contributed by atoms with Gasteiger partial charge in [-0.25, -0.2) is 0 Å². The van der Waals surface area contributed by atoms with Gasteiger partial charge in [0.25, 0.3) is 0 Å². The average molecular weight is 338 g/mol. The van der Waals surface area contributed by atoms with Crippen molar-refractivity contribution in [3.63, 3.8) is 0 Å². The van der Waals surface area contributed by atoms with Crippen LogP contribution < -0.4 is 10.2 Å². The van der Waals surface area contributed by atoms with Gasteiger partial charge in [-0.2, -0.15) is 0 Å². The van der Waals surface area contributed by atoms with Gasteiger partial charge in [0.05, 0.1) is 0 Å². The maximum Gasteiger partial charge on any atom is 0.0413 e. The summed E-state index contributed by atoms with van der Waals surface area (Å²) in [5.74, 6) is 0. The van der Waals surface area contributed by atoms with E-state index in [4.69, 9.17) is 0 Å². The molecule has 0 atom stereocenters. The molecular formula is C16H24BrN3. The monoisotopic (exact) mass is 337 g/mol. The zero-order chi connectivity index (χ0) is 13.9. The average Bonchev–Trinajstić information content (AvgIpc) is 3.25. The van der Waals surface area contributed by atoms with Crippen LogP contribution in [0, 0.1) is 0 Å². The van der Waals surface area contributed by atoms with E-state index in [0.717, 1.165) is 25.7 Å². The van der Waals surface area contributed by atoms with Crippen LogP contribution in [-0.4, -0.2) is 44.2 Å². The number of halogens is 1. The van der Waals surface area contributed by atoms with Gasteiger partial charge in [0, 0.05) is 42.4 Å². The molecule has 1 saturated carbocycles. The Kier molecular flexibility index (Phi) is 4.64. The summed E-state index contributed by atoms with van der Waals surface area (Å²) < 4.78 is 1.18. The quantitative estimate of drug-likeness (QED) is 0.911. The highest BCUT2D eigenvalue weighted by Gasteiger charge is 2.21. The molecule has 1 aliphatic carbocycles. The highest BCUT2D eigenvalue weighted by Crippen LogP contribution is 2.27. The second-order valence-corrected chi connectivity index (χ2v) is 6.99. The predicted molar refractivity (Wildman–Crippen MR) is 88.3 cm³/mol. The molecule has 1 saturated heterocycles. The fourth-order valence-electron chi connectivity index (χ4n) is 2.83. The van der Waals surface area contributed by atoms with Crippen LogP contribution in [0.25, 0.3) is 0 Å². The minimum Gasteiger partial charge on any atom is -0.370 e. The van der Waals surface area contributed by atoms with Gasteiger partial charge >= 0.3 is 0 Å². The first-order valence-corrected chi connectivity index (χ1v) is 8.47. The Labute approximate surface area is 130 Å². The third-order valence-electron chi connectivity index (χ3n) is 4.26. The van der Waals surface area contributed by atoms with Gasteiger partial charge in [-0.1, -0.05) is 15.9 Å². The van der Waals surface area contributed by atoms with Crippen LogP contribution in [0.4, 0.5) is 5.69 Å². The van der Waals surface area contributed by atoms with Crippen LogP contribution in [0.1, 0.15) is 24.8 Å². The number of nitrogens with zero attached hydrogens (tertiary/aromatic N) is 2. The Morgan fingerprint density at radius 2 is 2.05 bits per heavy atom. The lowest BCUT2D eigenvalue weighted by molar-refractivity contribution is 0.360. The highest BCUT2D eigenvalue weighted by molar-refractivity contribution is 9.10. The fraction of sp³-hybridized carbons (Fsp3) is 0.625. The molecule has 2 fully saturated rings. The summed E-state index contributed by atoms with van der Waals surface area (Å²) in [5, 5.41) is 3.65. The third kappa shape index (κ3) is 3.74. The normalized spacial score (nSPS) is 21.0. The lowest BCUT2D eigenvalue weighted by Crippen LogP contribution is -2.30. The summed E-state index contributed by atoms with van der Waals surface area (Å²) in [4.78, 5) is 4.99. The van der Waals surface area contributed by atoms with Crippen molar-refractivity contribution in [1.82, 2.24) is 10.2 Å². The lowest BCUT2D eigenvalue weighted by Gasteiger charge is -2.26. The van der Waals surface area contributed by atoms with Crippen LogP contribution in [-0.2, 0) is 6.54 Å². The molecule has 3 nitrogen and oxygen atoms in total. The first kappa shape index (κ1) is 14.4. The molecule has 1 aliphatic heterocycles. The Morgan fingerprint density at radius 1 is 1.20 bits per heavy atom. The van der Waals surface area contributed by atoms with Crippen molar-refractivity contribution in [3.8, 4) is 0 Å². The number of benzene rings is 1. The molecule has 20 heavy (non-hydrogen) atoms. The largest absolute Gasteiger partial charge is 0.370 e. The van der Waals surface area contributed by atoms with Crippen LogP contribution >= 0.6 is 15.9 Å². The zero-order valence-electron chi connectivity index (χ0n) is 12.2. The molecule has 2 aliphatic rings. The summed E-state index contributed by atoms with van der Waals surface area (Å²) >= 11 is 3.61. The van der Waals surface area contributed by atoms with Gasteiger partial charge < -0.3 is 15.1 Å². The van der Waals surface area contributed by atoms with Crippen molar-refractivity contribution in [2.24, 2.45) is 0 Å². The second kappa shape index (κ2) is 6.46. The van der Waals surface area contributed by atoms with E-state index in [1.165, 1.54) is 48.1 Å². The topological polar surface area (TPSA) is 18.5 Å². The van der Waals surface area contributed by atoms with Crippen LogP contribution in [0.2, 0.25) is 0 Å². The van der Waals surface area contributed by atoms with Gasteiger partial charge in [-0.3, -0.25) is 0 Å². The van der Waals surface area contributed by atoms with E-state index in [2.05, 4.69) is 56.3 Å². The number of anilines is 1. The second-order valence-electron chi connectivity index (χ2n) is 6.07. The molecule has 3 rings (SSSR count). The maximum atomic E-state index is 3.65. The minimum absolute atomic E-state index is 0.761. The van der Waals surface area contributed by atoms with E-state index in [1.807, 2.05) is 0 Å². The molecule has 1 aromatic rings. The number of rotatable bonds is 4. The number of hydrogen-bond acceptors (Lipinski definition) is 3. The summed E-state index contributed by atoms with van der Waals surface area (Å²) in [7, 11) is 2.22. The van der Waals surface area contributed by atoms with Gasteiger partial charge in [0.15, 0.2) is 0 Å². The Balaban J connectivity index is 1.75. The summed E-state index contributed by atoms with van der Waals surface area (Å²) in [5.41, 5.74) is 2.84. The molecule has 4 heteroatoms. The molecule has 0 amide bonds. The number of nitrogens with one attached hydrogen (secondary N) is 1. The van der Waals surface area contributed by atoms with Crippen LogP contribution in [0.3, 0.4) is 0 Å². The van der Waals surface area contributed by atoms with E-state index in [1.54, 1.807) is 0 Å². The van der Waals surface area contributed by atoms with Crippen LogP contribution in [0.5, 0.6) is 0 Å². The predicted octanol–water partition coefficient (Wildman–Crippen LogP) is 2.84. The molecule has 1 N–H and O–H groups in total. The first-order valence-electron chi connectivity index (χ1n) is 7.68. The SMILES string of the molecule is CN1CCCN(c2ccc(Br)cc2CNC2CC2)CC1. The molecule has 0 aromatic heterocycles. The number of likely N-dealkylation sites (N-methyl/N-ethyl adjacent to an activating group) is 1. The molecule has 1 aromatic carbocycles. The van der Waals surface area contributed by atoms with Crippen molar-refractivity contribution in [2.45, 2.75) is 31.8 Å². The lowest BCUT2D eigenvalue weighted by atomic mass is 10.1. The summed E-state index contributed by atoms with van der Waals surface area (Å²) in [6.07, 6.45) is 3.94. The minimum atomic E-state index is 0.761. The maximum absolute atomic E-state index is 3.65. The summed E-state index contributed by atoms with van der Waals surface area (Å²) in [6, 6.07) is 7.49. The smallest absolute Gasteiger partial charge is 0.0413 e. The summed E-state index contributed by atoms with van der Waals surface area (Å²) in [6.45, 7) is 5.66. The van der Waals surface area contributed by atoms with Crippen molar-refractivity contribution in [3.05, 3.63) is 28.2 Å². The Morgan fingerprint density at radius 3 is 2.85 bits per heavy atom. The van der Waals surface area contributed by atoms with E-state index in [9.17, 15) is 0 Å². The molecule has 1 heterocycles. The number of hydrogen-bond donors (Lipinski definition) is 1. The molecular weight excluding hydrogens is 314 g/mol. The van der Waals surface area contributed by atoms with Gasteiger partial charge in [0.2, 0.25) is 0 Å². The molecule has 0 spiro atoms. The molecule has 0 bridgehead atoms. The van der Waals surface area contributed by atoms with E-state index in [-0.39, 0.29) is 0 Å². The zero-order valence-corrected chi connectivity index (χ0v) is 13.8. The molecule has 0 radical (unpaired) electrons.